The van der Waals surface area contributed by atoms with Gasteiger partial charge < -0.3 is 20.8 Å². The Kier molecular flexibility index (Phi) is 5.14. The number of anilines is 1. The van der Waals surface area contributed by atoms with Crippen LogP contribution in [0.25, 0.3) is 10.9 Å². The number of carbonyl (C=O) groups is 1. The van der Waals surface area contributed by atoms with E-state index in [1.807, 2.05) is 31.2 Å². The summed E-state index contributed by atoms with van der Waals surface area (Å²) in [5.41, 5.74) is 9.42. The maximum atomic E-state index is 12.1. The van der Waals surface area contributed by atoms with Gasteiger partial charge in [-0.15, -0.1) is 0 Å². The quantitative estimate of drug-likeness (QED) is 0.632. The van der Waals surface area contributed by atoms with Gasteiger partial charge in [-0.1, -0.05) is 6.07 Å². The minimum absolute atomic E-state index is 0.0136. The molecule has 1 aromatic carbocycles. The summed E-state index contributed by atoms with van der Waals surface area (Å²) in [6.45, 7) is 1.94. The molecule has 1 aliphatic rings. The Morgan fingerprint density at radius 2 is 2.14 bits per heavy atom. The van der Waals surface area contributed by atoms with Crippen LogP contribution >= 0.6 is 0 Å². The van der Waals surface area contributed by atoms with Crippen molar-refractivity contribution in [3.05, 3.63) is 48.2 Å². The average Bonchev–Trinajstić information content (AvgIpc) is 3.16. The van der Waals surface area contributed by atoms with Crippen LogP contribution < -0.4 is 15.8 Å². The zero-order valence-electron chi connectivity index (χ0n) is 15.9. The van der Waals surface area contributed by atoms with Crippen LogP contribution in [-0.4, -0.2) is 33.0 Å². The number of fused-ring (bicyclic) bond motifs is 1. The SMILES string of the molecule is Cc1cc(N)c2c(O[C@H]3CC[C@H](NC(=O)Cc4c[nH]cn4)CC3)cccc2n1. The second-order valence-electron chi connectivity index (χ2n) is 7.40. The summed E-state index contributed by atoms with van der Waals surface area (Å²) in [4.78, 5) is 23.7. The standard InChI is InChI=1S/C21H25N5O2/c1-13-9-17(22)21-18(25-13)3-2-4-19(21)28-16-7-5-14(6-8-16)26-20(27)10-15-11-23-12-24-15/h2-4,9,11-12,14,16H,5-8,10H2,1H3,(H2,22,25)(H,23,24)(H,26,27)/t14-,16-. The summed E-state index contributed by atoms with van der Waals surface area (Å²) in [5, 5.41) is 3.99. The van der Waals surface area contributed by atoms with E-state index in [1.54, 1.807) is 12.5 Å². The second kappa shape index (κ2) is 7.88. The molecule has 0 aliphatic heterocycles. The lowest BCUT2D eigenvalue weighted by molar-refractivity contribution is -0.121. The van der Waals surface area contributed by atoms with Gasteiger partial charge in [0.05, 0.1) is 35.4 Å². The molecule has 0 bridgehead atoms. The lowest BCUT2D eigenvalue weighted by Gasteiger charge is -2.30. The molecular formula is C21H25N5O2. The molecule has 4 N–H and O–H groups in total. The van der Waals surface area contributed by atoms with Crippen LogP contribution in [0.5, 0.6) is 5.75 Å². The number of hydrogen-bond acceptors (Lipinski definition) is 5. The number of nitrogen functional groups attached to an aromatic ring is 1. The molecule has 0 unspecified atom stereocenters. The number of nitrogens with two attached hydrogens (primary N) is 1. The number of aromatic nitrogens is 3. The van der Waals surface area contributed by atoms with E-state index in [1.165, 1.54) is 0 Å². The summed E-state index contributed by atoms with van der Waals surface area (Å²) < 4.78 is 6.28. The van der Waals surface area contributed by atoms with Gasteiger partial charge in [0.15, 0.2) is 0 Å². The lowest BCUT2D eigenvalue weighted by atomic mass is 9.92. The first kappa shape index (κ1) is 18.3. The van der Waals surface area contributed by atoms with Crippen molar-refractivity contribution < 1.29 is 9.53 Å². The normalized spacial score (nSPS) is 19.5. The minimum Gasteiger partial charge on any atom is -0.490 e. The summed E-state index contributed by atoms with van der Waals surface area (Å²) in [6.07, 6.45) is 7.33. The van der Waals surface area contributed by atoms with Crippen molar-refractivity contribution in [2.24, 2.45) is 0 Å². The number of nitrogens with one attached hydrogen (secondary N) is 2. The number of imidazole rings is 1. The highest BCUT2D eigenvalue weighted by molar-refractivity contribution is 5.95. The van der Waals surface area contributed by atoms with E-state index in [9.17, 15) is 4.79 Å². The Bertz CT molecular complexity index is 962. The number of aromatic amines is 1. The van der Waals surface area contributed by atoms with Gasteiger partial charge in [-0.25, -0.2) is 4.98 Å². The maximum Gasteiger partial charge on any atom is 0.226 e. The third-order valence-electron chi connectivity index (χ3n) is 5.18. The maximum absolute atomic E-state index is 12.1. The summed E-state index contributed by atoms with van der Waals surface area (Å²) >= 11 is 0. The number of aryl methyl sites for hydroxylation is 1. The molecule has 28 heavy (non-hydrogen) atoms. The number of nitrogens with zero attached hydrogens (tertiary/aromatic N) is 2. The fraction of sp³-hybridized carbons (Fsp3) is 0.381. The van der Waals surface area contributed by atoms with Gasteiger partial charge in [-0.2, -0.15) is 0 Å². The molecule has 0 spiro atoms. The number of pyridine rings is 1. The number of carbonyl (C=O) groups excluding carboxylic acids is 1. The van der Waals surface area contributed by atoms with Gasteiger partial charge in [-0.3, -0.25) is 9.78 Å². The summed E-state index contributed by atoms with van der Waals surface area (Å²) in [6, 6.07) is 7.92. The Labute approximate surface area is 163 Å². The van der Waals surface area contributed by atoms with Crippen LogP contribution in [0.1, 0.15) is 37.1 Å². The van der Waals surface area contributed by atoms with E-state index >= 15 is 0 Å². The third kappa shape index (κ3) is 4.08. The van der Waals surface area contributed by atoms with E-state index in [2.05, 4.69) is 20.3 Å². The van der Waals surface area contributed by atoms with Crippen molar-refractivity contribution in [1.82, 2.24) is 20.3 Å². The fourth-order valence-electron chi connectivity index (χ4n) is 3.86. The third-order valence-corrected chi connectivity index (χ3v) is 5.18. The van der Waals surface area contributed by atoms with Crippen molar-refractivity contribution in [3.8, 4) is 5.75 Å². The van der Waals surface area contributed by atoms with Gasteiger partial charge in [0.25, 0.3) is 0 Å². The van der Waals surface area contributed by atoms with Crippen molar-refractivity contribution in [3.63, 3.8) is 0 Å². The molecule has 2 heterocycles. The molecule has 0 atom stereocenters. The topological polar surface area (TPSA) is 106 Å². The van der Waals surface area contributed by atoms with E-state index < -0.39 is 0 Å². The average molecular weight is 379 g/mol. The van der Waals surface area contributed by atoms with Crippen LogP contribution in [0.15, 0.2) is 36.8 Å². The molecule has 7 heteroatoms. The number of rotatable bonds is 5. The number of ether oxygens (including phenoxy) is 1. The highest BCUT2D eigenvalue weighted by atomic mass is 16.5. The molecule has 146 valence electrons. The number of benzene rings is 1. The van der Waals surface area contributed by atoms with E-state index in [-0.39, 0.29) is 18.1 Å². The predicted octanol–water partition coefficient (Wildman–Crippen LogP) is 2.90. The molecule has 1 fully saturated rings. The first-order valence-electron chi connectivity index (χ1n) is 9.68. The largest absolute Gasteiger partial charge is 0.490 e. The van der Waals surface area contributed by atoms with Crippen molar-refractivity contribution in [1.29, 1.82) is 0 Å². The zero-order valence-corrected chi connectivity index (χ0v) is 15.9. The molecule has 7 nitrogen and oxygen atoms in total. The second-order valence-corrected chi connectivity index (χ2v) is 7.40. The van der Waals surface area contributed by atoms with Gasteiger partial charge >= 0.3 is 0 Å². The molecule has 1 saturated carbocycles. The zero-order chi connectivity index (χ0) is 19.5. The number of amides is 1. The van der Waals surface area contributed by atoms with Gasteiger partial charge in [0.2, 0.25) is 5.91 Å². The molecule has 0 radical (unpaired) electrons. The summed E-state index contributed by atoms with van der Waals surface area (Å²) in [7, 11) is 0. The highest BCUT2D eigenvalue weighted by Crippen LogP contribution is 2.33. The fourth-order valence-corrected chi connectivity index (χ4v) is 3.86. The minimum atomic E-state index is 0.0136. The first-order valence-corrected chi connectivity index (χ1v) is 9.68. The Balaban J connectivity index is 1.35. The molecule has 1 aliphatic carbocycles. The van der Waals surface area contributed by atoms with Crippen LogP contribution in [0, 0.1) is 6.92 Å². The summed E-state index contributed by atoms with van der Waals surface area (Å²) in [5.74, 6) is 0.799. The molecular weight excluding hydrogens is 354 g/mol. The molecule has 4 rings (SSSR count). The van der Waals surface area contributed by atoms with Crippen LogP contribution in [0.3, 0.4) is 0 Å². The Hall–Kier alpha value is -3.09. The molecule has 1 amide bonds. The van der Waals surface area contributed by atoms with Gasteiger partial charge in [0, 0.05) is 23.6 Å². The number of hydrogen-bond donors (Lipinski definition) is 3. The van der Waals surface area contributed by atoms with E-state index in [0.29, 0.717) is 12.1 Å². The monoisotopic (exact) mass is 379 g/mol. The molecule has 2 aromatic heterocycles. The Morgan fingerprint density at radius 3 is 2.89 bits per heavy atom. The molecule has 0 saturated heterocycles. The van der Waals surface area contributed by atoms with Crippen LogP contribution in [0.2, 0.25) is 0 Å². The van der Waals surface area contributed by atoms with Crippen molar-refractivity contribution in [2.75, 3.05) is 5.73 Å². The van der Waals surface area contributed by atoms with Crippen LogP contribution in [-0.2, 0) is 11.2 Å². The van der Waals surface area contributed by atoms with Crippen molar-refractivity contribution >= 4 is 22.5 Å². The van der Waals surface area contributed by atoms with E-state index in [0.717, 1.165) is 53.7 Å². The van der Waals surface area contributed by atoms with Gasteiger partial charge in [-0.05, 0) is 50.8 Å². The Morgan fingerprint density at radius 1 is 1.32 bits per heavy atom. The number of H-pyrrole nitrogens is 1. The van der Waals surface area contributed by atoms with E-state index in [4.69, 9.17) is 10.5 Å². The lowest BCUT2D eigenvalue weighted by Crippen LogP contribution is -2.40. The van der Waals surface area contributed by atoms with Crippen LogP contribution in [0.4, 0.5) is 5.69 Å². The highest BCUT2D eigenvalue weighted by Gasteiger charge is 2.24. The predicted molar refractivity (Wildman–Crippen MR) is 108 cm³/mol. The molecule has 3 aromatic rings. The smallest absolute Gasteiger partial charge is 0.226 e. The van der Waals surface area contributed by atoms with Gasteiger partial charge in [0.1, 0.15) is 5.75 Å². The first-order chi connectivity index (χ1) is 13.6. The van der Waals surface area contributed by atoms with Crippen molar-refractivity contribution in [2.45, 2.75) is 51.2 Å².